The molecule has 0 saturated carbocycles. The van der Waals surface area contributed by atoms with E-state index in [0.29, 0.717) is 13.2 Å². The van der Waals surface area contributed by atoms with Gasteiger partial charge in [0.05, 0.1) is 17.6 Å². The van der Waals surface area contributed by atoms with Crippen molar-refractivity contribution < 1.29 is 9.53 Å². The van der Waals surface area contributed by atoms with E-state index in [4.69, 9.17) is 9.72 Å². The monoisotopic (exact) mass is 421 g/mol. The number of aromatic nitrogens is 2. The highest BCUT2D eigenvalue weighted by Gasteiger charge is 2.15. The Morgan fingerprint density at radius 1 is 1.10 bits per heavy atom. The van der Waals surface area contributed by atoms with Gasteiger partial charge < -0.3 is 14.6 Å². The van der Waals surface area contributed by atoms with E-state index in [0.717, 1.165) is 54.8 Å². The molecule has 0 aliphatic rings. The molecule has 0 atom stereocenters. The minimum absolute atomic E-state index is 0.0985. The van der Waals surface area contributed by atoms with E-state index in [9.17, 15) is 4.79 Å². The molecule has 0 unspecified atom stereocenters. The SMILES string of the molecule is CCC(CC)C(=O)NCCc1nc2ccccc2n1CCCOc1ccc(C)c(C)c1. The molecule has 1 heterocycles. The van der Waals surface area contributed by atoms with E-state index in [-0.39, 0.29) is 11.8 Å². The van der Waals surface area contributed by atoms with Crippen LogP contribution in [0.1, 0.15) is 50.1 Å². The number of hydrogen-bond acceptors (Lipinski definition) is 3. The number of carbonyl (C=O) groups is 1. The number of nitrogens with zero attached hydrogens (tertiary/aromatic N) is 2. The van der Waals surface area contributed by atoms with Crippen molar-refractivity contribution in [1.82, 2.24) is 14.9 Å². The Bertz CT molecular complexity index is 1010. The van der Waals surface area contributed by atoms with Crippen LogP contribution in [0.2, 0.25) is 0 Å². The Kier molecular flexibility index (Phi) is 8.10. The Labute approximate surface area is 185 Å². The summed E-state index contributed by atoms with van der Waals surface area (Å²) in [6.45, 7) is 10.4. The summed E-state index contributed by atoms with van der Waals surface area (Å²) in [5.74, 6) is 2.18. The number of rotatable bonds is 11. The second kappa shape index (κ2) is 11.0. The van der Waals surface area contributed by atoms with Crippen LogP contribution in [0.25, 0.3) is 11.0 Å². The quantitative estimate of drug-likeness (QED) is 0.432. The van der Waals surface area contributed by atoms with Crippen LogP contribution in [0.5, 0.6) is 5.75 Å². The molecule has 1 aromatic heterocycles. The summed E-state index contributed by atoms with van der Waals surface area (Å²) in [7, 11) is 0. The highest BCUT2D eigenvalue weighted by molar-refractivity contribution is 5.78. The minimum Gasteiger partial charge on any atom is -0.494 e. The van der Waals surface area contributed by atoms with Crippen LogP contribution in [-0.4, -0.2) is 28.6 Å². The summed E-state index contributed by atoms with van der Waals surface area (Å²) in [6, 6.07) is 14.4. The summed E-state index contributed by atoms with van der Waals surface area (Å²) in [5.41, 5.74) is 4.66. The Hall–Kier alpha value is -2.82. The first-order valence-electron chi connectivity index (χ1n) is 11.4. The fourth-order valence-electron chi connectivity index (χ4n) is 3.88. The first kappa shape index (κ1) is 22.9. The highest BCUT2D eigenvalue weighted by Crippen LogP contribution is 2.19. The van der Waals surface area contributed by atoms with Crippen molar-refractivity contribution in [2.45, 2.75) is 59.9 Å². The molecule has 1 N–H and O–H groups in total. The lowest BCUT2D eigenvalue weighted by Gasteiger charge is -2.14. The number of hydrogen-bond donors (Lipinski definition) is 1. The van der Waals surface area contributed by atoms with E-state index in [1.54, 1.807) is 0 Å². The highest BCUT2D eigenvalue weighted by atomic mass is 16.5. The fourth-order valence-corrected chi connectivity index (χ4v) is 3.88. The molecule has 0 spiro atoms. The number of para-hydroxylation sites is 2. The van der Waals surface area contributed by atoms with Crippen molar-refractivity contribution in [2.24, 2.45) is 5.92 Å². The molecule has 3 aromatic rings. The number of imidazole rings is 1. The summed E-state index contributed by atoms with van der Waals surface area (Å²) in [5, 5.41) is 3.09. The molecule has 1 amide bonds. The molecule has 0 bridgehead atoms. The van der Waals surface area contributed by atoms with Crippen molar-refractivity contribution in [1.29, 1.82) is 0 Å². The zero-order valence-electron chi connectivity index (χ0n) is 19.3. The largest absolute Gasteiger partial charge is 0.494 e. The second-order valence-electron chi connectivity index (χ2n) is 8.17. The molecular weight excluding hydrogens is 386 g/mol. The Morgan fingerprint density at radius 2 is 1.87 bits per heavy atom. The molecule has 0 aliphatic carbocycles. The lowest BCUT2D eigenvalue weighted by atomic mass is 10.0. The van der Waals surface area contributed by atoms with Gasteiger partial charge in [0.25, 0.3) is 0 Å². The summed E-state index contributed by atoms with van der Waals surface area (Å²) < 4.78 is 8.23. The molecule has 0 radical (unpaired) electrons. The van der Waals surface area contributed by atoms with Gasteiger partial charge in [-0.2, -0.15) is 0 Å². The number of benzene rings is 2. The zero-order chi connectivity index (χ0) is 22.2. The molecule has 0 aliphatic heterocycles. The molecule has 166 valence electrons. The number of ether oxygens (including phenoxy) is 1. The van der Waals surface area contributed by atoms with Gasteiger partial charge in [-0.15, -0.1) is 0 Å². The number of amides is 1. The fraction of sp³-hybridized carbons (Fsp3) is 0.462. The summed E-state index contributed by atoms with van der Waals surface area (Å²) in [4.78, 5) is 17.1. The summed E-state index contributed by atoms with van der Waals surface area (Å²) in [6.07, 6.45) is 3.36. The minimum atomic E-state index is 0.0985. The predicted molar refractivity (Wildman–Crippen MR) is 127 cm³/mol. The lowest BCUT2D eigenvalue weighted by molar-refractivity contribution is -0.125. The average molecular weight is 422 g/mol. The van der Waals surface area contributed by atoms with Crippen LogP contribution in [0.15, 0.2) is 42.5 Å². The molecule has 31 heavy (non-hydrogen) atoms. The topological polar surface area (TPSA) is 56.2 Å². The predicted octanol–water partition coefficient (Wildman–Crippen LogP) is 5.22. The van der Waals surface area contributed by atoms with Gasteiger partial charge in [0.1, 0.15) is 11.6 Å². The Balaban J connectivity index is 1.60. The molecule has 0 saturated heterocycles. The van der Waals surface area contributed by atoms with Crippen LogP contribution < -0.4 is 10.1 Å². The van der Waals surface area contributed by atoms with Crippen molar-refractivity contribution in [3.8, 4) is 5.75 Å². The van der Waals surface area contributed by atoms with E-state index in [1.165, 1.54) is 11.1 Å². The van der Waals surface area contributed by atoms with E-state index >= 15 is 0 Å². The Morgan fingerprint density at radius 3 is 2.61 bits per heavy atom. The molecule has 5 nitrogen and oxygen atoms in total. The van der Waals surface area contributed by atoms with Crippen LogP contribution in [0.4, 0.5) is 0 Å². The molecule has 2 aromatic carbocycles. The first-order chi connectivity index (χ1) is 15.0. The van der Waals surface area contributed by atoms with Crippen LogP contribution in [-0.2, 0) is 17.8 Å². The maximum absolute atomic E-state index is 12.3. The normalized spacial score (nSPS) is 11.3. The van der Waals surface area contributed by atoms with E-state index < -0.39 is 0 Å². The second-order valence-corrected chi connectivity index (χ2v) is 8.17. The molecule has 5 heteroatoms. The maximum atomic E-state index is 12.3. The van der Waals surface area contributed by atoms with E-state index in [2.05, 4.69) is 55.8 Å². The standard InChI is InChI=1S/C26H35N3O2/c1-5-21(6-2)26(30)27-15-14-25-28-23-10-7-8-11-24(23)29(25)16-9-17-31-22-13-12-19(3)20(4)18-22/h7-8,10-13,18,21H,5-6,9,14-17H2,1-4H3,(H,27,30). The molecule has 3 rings (SSSR count). The van der Waals surface area contributed by atoms with Crippen molar-refractivity contribution >= 4 is 16.9 Å². The number of fused-ring (bicyclic) bond motifs is 1. The van der Waals surface area contributed by atoms with Crippen LogP contribution >= 0.6 is 0 Å². The summed E-state index contributed by atoms with van der Waals surface area (Å²) >= 11 is 0. The van der Waals surface area contributed by atoms with Gasteiger partial charge in [0.15, 0.2) is 0 Å². The zero-order valence-corrected chi connectivity index (χ0v) is 19.3. The van der Waals surface area contributed by atoms with Gasteiger partial charge >= 0.3 is 0 Å². The average Bonchev–Trinajstić information content (AvgIpc) is 3.12. The van der Waals surface area contributed by atoms with Gasteiger partial charge in [-0.25, -0.2) is 4.98 Å². The third-order valence-corrected chi connectivity index (χ3v) is 6.01. The van der Waals surface area contributed by atoms with Gasteiger partial charge in [-0.3, -0.25) is 4.79 Å². The van der Waals surface area contributed by atoms with Gasteiger partial charge in [0, 0.05) is 25.4 Å². The smallest absolute Gasteiger partial charge is 0.223 e. The number of nitrogens with one attached hydrogen (secondary N) is 1. The van der Waals surface area contributed by atoms with Crippen LogP contribution in [0.3, 0.4) is 0 Å². The third kappa shape index (κ3) is 5.87. The number of carbonyl (C=O) groups excluding carboxylic acids is 1. The van der Waals surface area contributed by atoms with Crippen molar-refractivity contribution in [3.05, 3.63) is 59.4 Å². The van der Waals surface area contributed by atoms with Gasteiger partial charge in [-0.05, 0) is 68.5 Å². The van der Waals surface area contributed by atoms with Crippen LogP contribution in [0, 0.1) is 19.8 Å². The maximum Gasteiger partial charge on any atom is 0.223 e. The third-order valence-electron chi connectivity index (χ3n) is 6.01. The van der Waals surface area contributed by atoms with E-state index in [1.807, 2.05) is 24.3 Å². The first-order valence-corrected chi connectivity index (χ1v) is 11.4. The number of aryl methyl sites for hydroxylation is 3. The van der Waals surface area contributed by atoms with Gasteiger partial charge in [0.2, 0.25) is 5.91 Å². The molecule has 0 fully saturated rings. The van der Waals surface area contributed by atoms with Crippen molar-refractivity contribution in [2.75, 3.05) is 13.2 Å². The molecular formula is C26H35N3O2. The van der Waals surface area contributed by atoms with Crippen molar-refractivity contribution in [3.63, 3.8) is 0 Å². The lowest BCUT2D eigenvalue weighted by Crippen LogP contribution is -2.32. The van der Waals surface area contributed by atoms with Gasteiger partial charge in [-0.1, -0.05) is 32.0 Å².